The zero-order valence-corrected chi connectivity index (χ0v) is 17.6. The van der Waals surface area contributed by atoms with Gasteiger partial charge >= 0.3 is 0 Å². The topological polar surface area (TPSA) is 50.8 Å². The third kappa shape index (κ3) is 3.99. The molecule has 0 bridgehead atoms. The molecule has 1 atom stereocenters. The molecule has 2 aromatic carbocycles. The summed E-state index contributed by atoms with van der Waals surface area (Å²) < 4.78 is 11.1. The Kier molecular flexibility index (Phi) is 5.56. The van der Waals surface area contributed by atoms with E-state index in [0.717, 1.165) is 33.1 Å². The van der Waals surface area contributed by atoms with E-state index in [1.54, 1.807) is 7.11 Å². The molecule has 4 rings (SSSR count). The molecule has 0 aliphatic carbocycles. The van der Waals surface area contributed by atoms with E-state index in [1.807, 2.05) is 62.6 Å². The van der Waals surface area contributed by atoms with Gasteiger partial charge in [-0.2, -0.15) is 0 Å². The third-order valence-corrected chi connectivity index (χ3v) is 6.31. The summed E-state index contributed by atoms with van der Waals surface area (Å²) in [5.74, 6) is 1.63. The van der Waals surface area contributed by atoms with Gasteiger partial charge in [0, 0.05) is 22.5 Å². The molecule has 1 aliphatic heterocycles. The van der Waals surface area contributed by atoms with Gasteiger partial charge in [0.1, 0.15) is 18.1 Å². The van der Waals surface area contributed by atoms with Crippen LogP contribution >= 0.6 is 11.3 Å². The summed E-state index contributed by atoms with van der Waals surface area (Å²) in [4.78, 5) is 16.8. The number of benzene rings is 2. The summed E-state index contributed by atoms with van der Waals surface area (Å²) in [7, 11) is 5.68. The number of hydrogen-bond donors (Lipinski definition) is 1. The number of fused-ring (bicyclic) bond motifs is 3. The Morgan fingerprint density at radius 2 is 2.03 bits per heavy atom. The molecule has 1 aromatic heterocycles. The predicted octanol–water partition coefficient (Wildman–Crippen LogP) is 4.35. The van der Waals surface area contributed by atoms with Crippen molar-refractivity contribution in [2.24, 2.45) is 0 Å². The normalized spacial score (nSPS) is 13.2. The molecule has 29 heavy (non-hydrogen) atoms. The van der Waals surface area contributed by atoms with Gasteiger partial charge in [0.25, 0.3) is 5.91 Å². The van der Waals surface area contributed by atoms with Crippen molar-refractivity contribution in [1.82, 2.24) is 10.2 Å². The molecule has 0 saturated heterocycles. The Morgan fingerprint density at radius 1 is 1.21 bits per heavy atom. The molecule has 0 radical (unpaired) electrons. The monoisotopic (exact) mass is 408 g/mol. The molecule has 0 fully saturated rings. The number of rotatable bonds is 6. The van der Waals surface area contributed by atoms with Crippen molar-refractivity contribution in [3.05, 3.63) is 70.6 Å². The van der Waals surface area contributed by atoms with Crippen molar-refractivity contribution < 1.29 is 14.3 Å². The van der Waals surface area contributed by atoms with Gasteiger partial charge in [-0.15, -0.1) is 11.3 Å². The standard InChI is InChI=1S/C23H24N2O3S/c1-25(2)19(15-7-6-8-17(11-15)27-3)13-24-23(26)21-12-16-14-28-20-10-5-4-9-18(20)22(16)29-21/h4-12,19H,13-14H2,1-3H3,(H,24,26). The van der Waals surface area contributed by atoms with Crippen LogP contribution in [0.2, 0.25) is 0 Å². The number of thiophene rings is 1. The lowest BCUT2D eigenvalue weighted by atomic mass is 10.1. The molecule has 1 N–H and O–H groups in total. The molecule has 1 amide bonds. The second-order valence-corrected chi connectivity index (χ2v) is 8.27. The molecule has 150 valence electrons. The van der Waals surface area contributed by atoms with Crippen molar-refractivity contribution in [3.8, 4) is 21.9 Å². The number of carbonyl (C=O) groups is 1. The highest BCUT2D eigenvalue weighted by atomic mass is 32.1. The molecule has 1 aliphatic rings. The zero-order chi connectivity index (χ0) is 20.4. The van der Waals surface area contributed by atoms with Crippen LogP contribution in [0, 0.1) is 0 Å². The Morgan fingerprint density at radius 3 is 2.83 bits per heavy atom. The van der Waals surface area contributed by atoms with Crippen molar-refractivity contribution in [2.45, 2.75) is 12.6 Å². The van der Waals surface area contributed by atoms with Crippen LogP contribution in [0.4, 0.5) is 0 Å². The lowest BCUT2D eigenvalue weighted by Gasteiger charge is -2.25. The maximum atomic E-state index is 12.9. The van der Waals surface area contributed by atoms with Crippen molar-refractivity contribution in [2.75, 3.05) is 27.7 Å². The van der Waals surface area contributed by atoms with Crippen LogP contribution in [0.15, 0.2) is 54.6 Å². The van der Waals surface area contributed by atoms with Crippen LogP contribution in [-0.4, -0.2) is 38.6 Å². The van der Waals surface area contributed by atoms with Crippen LogP contribution in [0.25, 0.3) is 10.4 Å². The largest absolute Gasteiger partial charge is 0.497 e. The van der Waals surface area contributed by atoms with Gasteiger partial charge in [0.05, 0.1) is 18.0 Å². The molecule has 2 heterocycles. The highest BCUT2D eigenvalue weighted by Crippen LogP contribution is 2.42. The first-order chi connectivity index (χ1) is 14.1. The van der Waals surface area contributed by atoms with E-state index in [1.165, 1.54) is 11.3 Å². The molecule has 1 unspecified atom stereocenters. The molecule has 6 heteroatoms. The number of hydrogen-bond acceptors (Lipinski definition) is 5. The van der Waals surface area contributed by atoms with Crippen molar-refractivity contribution in [3.63, 3.8) is 0 Å². The van der Waals surface area contributed by atoms with E-state index in [0.29, 0.717) is 18.0 Å². The van der Waals surface area contributed by atoms with Gasteiger partial charge in [-0.05, 0) is 50.0 Å². The van der Waals surface area contributed by atoms with Crippen LogP contribution < -0.4 is 14.8 Å². The smallest absolute Gasteiger partial charge is 0.261 e. The van der Waals surface area contributed by atoms with Gasteiger partial charge < -0.3 is 19.7 Å². The molecular weight excluding hydrogens is 384 g/mol. The second kappa shape index (κ2) is 8.27. The number of likely N-dealkylation sites (N-methyl/N-ethyl adjacent to an activating group) is 1. The van der Waals surface area contributed by atoms with Gasteiger partial charge in [-0.3, -0.25) is 4.79 Å². The molecule has 0 spiro atoms. The summed E-state index contributed by atoms with van der Waals surface area (Å²) in [6, 6.07) is 17.9. The fourth-order valence-electron chi connectivity index (χ4n) is 3.54. The minimum absolute atomic E-state index is 0.0488. The number of para-hydroxylation sites is 1. The highest BCUT2D eigenvalue weighted by Gasteiger charge is 2.23. The lowest BCUT2D eigenvalue weighted by molar-refractivity contribution is 0.0946. The van der Waals surface area contributed by atoms with E-state index in [4.69, 9.17) is 9.47 Å². The van der Waals surface area contributed by atoms with E-state index < -0.39 is 0 Å². The Labute approximate surface area is 174 Å². The quantitative estimate of drug-likeness (QED) is 0.659. The number of carbonyl (C=O) groups excluding carboxylic acids is 1. The first kappa shape index (κ1) is 19.5. The number of ether oxygens (including phenoxy) is 2. The van der Waals surface area contributed by atoms with Gasteiger partial charge in [-0.25, -0.2) is 0 Å². The van der Waals surface area contributed by atoms with Crippen molar-refractivity contribution in [1.29, 1.82) is 0 Å². The van der Waals surface area contributed by atoms with E-state index in [2.05, 4.69) is 16.3 Å². The number of methoxy groups -OCH3 is 1. The average Bonchev–Trinajstić information content (AvgIpc) is 3.19. The maximum Gasteiger partial charge on any atom is 0.261 e. The summed E-state index contributed by atoms with van der Waals surface area (Å²) in [5.41, 5.74) is 3.22. The number of nitrogens with one attached hydrogen (secondary N) is 1. The van der Waals surface area contributed by atoms with Crippen molar-refractivity contribution >= 4 is 17.2 Å². The van der Waals surface area contributed by atoms with Gasteiger partial charge in [0.2, 0.25) is 0 Å². The SMILES string of the molecule is COc1cccc(C(CNC(=O)c2cc3c(s2)-c2ccccc2OC3)N(C)C)c1. The predicted molar refractivity (Wildman–Crippen MR) is 116 cm³/mol. The average molecular weight is 409 g/mol. The summed E-state index contributed by atoms with van der Waals surface area (Å²) in [5, 5.41) is 3.10. The number of nitrogens with zero attached hydrogens (tertiary/aromatic N) is 1. The lowest BCUT2D eigenvalue weighted by Crippen LogP contribution is -2.34. The van der Waals surface area contributed by atoms with E-state index >= 15 is 0 Å². The highest BCUT2D eigenvalue weighted by molar-refractivity contribution is 7.17. The Hall–Kier alpha value is -2.83. The summed E-state index contributed by atoms with van der Waals surface area (Å²) in [6.45, 7) is 1.01. The molecule has 5 nitrogen and oxygen atoms in total. The van der Waals surface area contributed by atoms with Crippen LogP contribution in [0.5, 0.6) is 11.5 Å². The first-order valence-electron chi connectivity index (χ1n) is 9.50. The van der Waals surface area contributed by atoms with E-state index in [9.17, 15) is 4.79 Å². The molecular formula is C23H24N2O3S. The summed E-state index contributed by atoms with van der Waals surface area (Å²) >= 11 is 1.52. The minimum atomic E-state index is -0.0587. The maximum absolute atomic E-state index is 12.9. The Bertz CT molecular complexity index is 1030. The molecule has 3 aromatic rings. The minimum Gasteiger partial charge on any atom is -0.497 e. The third-order valence-electron chi connectivity index (χ3n) is 5.11. The number of amides is 1. The fourth-order valence-corrected chi connectivity index (χ4v) is 4.65. The van der Waals surface area contributed by atoms with Crippen LogP contribution in [0.1, 0.15) is 26.8 Å². The van der Waals surface area contributed by atoms with Gasteiger partial charge in [0.15, 0.2) is 0 Å². The first-order valence-corrected chi connectivity index (χ1v) is 10.3. The second-order valence-electron chi connectivity index (χ2n) is 7.22. The molecule has 0 saturated carbocycles. The van der Waals surface area contributed by atoms with E-state index in [-0.39, 0.29) is 11.9 Å². The summed E-state index contributed by atoms with van der Waals surface area (Å²) in [6.07, 6.45) is 0. The fraction of sp³-hybridized carbons (Fsp3) is 0.261. The van der Waals surface area contributed by atoms with Crippen LogP contribution in [-0.2, 0) is 6.61 Å². The van der Waals surface area contributed by atoms with Crippen LogP contribution in [0.3, 0.4) is 0 Å². The van der Waals surface area contributed by atoms with Gasteiger partial charge in [-0.1, -0.05) is 24.3 Å². The zero-order valence-electron chi connectivity index (χ0n) is 16.8. The Balaban J connectivity index is 1.50.